The van der Waals surface area contributed by atoms with E-state index >= 15 is 0 Å². The van der Waals surface area contributed by atoms with Gasteiger partial charge in [-0.15, -0.1) is 0 Å². The third-order valence-corrected chi connectivity index (χ3v) is 4.77. The molecule has 0 amide bonds. The highest BCUT2D eigenvalue weighted by atomic mass is 14.4. The minimum atomic E-state index is 0.899. The third-order valence-electron chi connectivity index (χ3n) is 4.77. The quantitative estimate of drug-likeness (QED) is 0.379. The topological polar surface area (TPSA) is 0 Å². The molecule has 98 valence electrons. The second-order valence-corrected chi connectivity index (χ2v) is 6.78. The molecule has 1 saturated carbocycles. The molecule has 2 rings (SSSR count). The van der Waals surface area contributed by atoms with Crippen LogP contribution in [0.3, 0.4) is 0 Å². The van der Waals surface area contributed by atoms with Crippen molar-refractivity contribution in [3.8, 4) is 0 Å². The van der Waals surface area contributed by atoms with E-state index in [0.29, 0.717) is 0 Å². The summed E-state index contributed by atoms with van der Waals surface area (Å²) in [4.78, 5) is 0. The Hall–Kier alpha value is -0.260. The van der Waals surface area contributed by atoms with Crippen molar-refractivity contribution in [2.45, 2.75) is 71.6 Å². The summed E-state index contributed by atoms with van der Waals surface area (Å²) >= 11 is 0. The van der Waals surface area contributed by atoms with Crippen LogP contribution >= 0.6 is 0 Å². The largest absolute Gasteiger partial charge is 0.0851 e. The fourth-order valence-corrected chi connectivity index (χ4v) is 3.72. The second-order valence-electron chi connectivity index (χ2n) is 6.78. The highest BCUT2D eigenvalue weighted by Gasteiger charge is 2.34. The van der Waals surface area contributed by atoms with Gasteiger partial charge in [-0.3, -0.25) is 0 Å². The third kappa shape index (κ3) is 4.16. The molecule has 0 radical (unpaired) electrons. The molecule has 0 heterocycles. The van der Waals surface area contributed by atoms with E-state index in [-0.39, 0.29) is 0 Å². The summed E-state index contributed by atoms with van der Waals surface area (Å²) in [6.07, 6.45) is 18.3. The molecule has 2 bridgehead atoms. The molecule has 0 nitrogen and oxygen atoms in total. The summed E-state index contributed by atoms with van der Waals surface area (Å²) in [6.45, 7) is 4.67. The van der Waals surface area contributed by atoms with Crippen molar-refractivity contribution in [2.75, 3.05) is 0 Å². The normalized spacial score (nSPS) is 30.6. The number of hydrogen-bond acceptors (Lipinski definition) is 0. The van der Waals surface area contributed by atoms with Crippen LogP contribution in [0.2, 0.25) is 0 Å². The summed E-state index contributed by atoms with van der Waals surface area (Å²) in [5.74, 6) is 3.90. The van der Waals surface area contributed by atoms with Gasteiger partial charge in [-0.1, -0.05) is 64.5 Å². The van der Waals surface area contributed by atoms with Crippen molar-refractivity contribution in [1.29, 1.82) is 0 Å². The highest BCUT2D eigenvalue weighted by molar-refractivity contribution is 5.09. The summed E-state index contributed by atoms with van der Waals surface area (Å²) < 4.78 is 0. The predicted molar refractivity (Wildman–Crippen MR) is 76.0 cm³/mol. The van der Waals surface area contributed by atoms with E-state index in [1.165, 1.54) is 57.8 Å². The maximum absolute atomic E-state index is 2.50. The van der Waals surface area contributed by atoms with Gasteiger partial charge < -0.3 is 0 Å². The zero-order valence-electron chi connectivity index (χ0n) is 11.8. The molecule has 0 spiro atoms. The van der Waals surface area contributed by atoms with Crippen molar-refractivity contribution in [3.05, 3.63) is 12.2 Å². The summed E-state index contributed by atoms with van der Waals surface area (Å²) in [5.41, 5.74) is 0. The van der Waals surface area contributed by atoms with Gasteiger partial charge in [-0.05, 0) is 42.9 Å². The van der Waals surface area contributed by atoms with E-state index < -0.39 is 0 Å². The van der Waals surface area contributed by atoms with Crippen LogP contribution in [0.1, 0.15) is 71.6 Å². The van der Waals surface area contributed by atoms with E-state index in [0.717, 1.165) is 23.7 Å². The van der Waals surface area contributed by atoms with Crippen LogP contribution in [0.25, 0.3) is 0 Å². The summed E-state index contributed by atoms with van der Waals surface area (Å²) in [6, 6.07) is 0. The Balaban J connectivity index is 1.43. The molecule has 17 heavy (non-hydrogen) atoms. The van der Waals surface area contributed by atoms with Crippen LogP contribution in [0.4, 0.5) is 0 Å². The van der Waals surface area contributed by atoms with Crippen molar-refractivity contribution < 1.29 is 0 Å². The van der Waals surface area contributed by atoms with E-state index in [2.05, 4.69) is 26.0 Å². The lowest BCUT2D eigenvalue weighted by molar-refractivity contribution is 0.392. The van der Waals surface area contributed by atoms with Gasteiger partial charge in [-0.2, -0.15) is 0 Å². The van der Waals surface area contributed by atoms with Crippen LogP contribution in [0.15, 0.2) is 12.2 Å². The van der Waals surface area contributed by atoms with Gasteiger partial charge in [0.2, 0.25) is 0 Å². The van der Waals surface area contributed by atoms with Crippen LogP contribution in [-0.2, 0) is 0 Å². The lowest BCUT2D eigenvalue weighted by Gasteiger charge is -2.17. The zero-order valence-corrected chi connectivity index (χ0v) is 11.8. The number of hydrogen-bond donors (Lipinski definition) is 0. The first-order valence-electron chi connectivity index (χ1n) is 7.94. The molecule has 0 aromatic carbocycles. The molecule has 0 aromatic heterocycles. The van der Waals surface area contributed by atoms with Crippen molar-refractivity contribution in [1.82, 2.24) is 0 Å². The van der Waals surface area contributed by atoms with Crippen molar-refractivity contribution in [3.63, 3.8) is 0 Å². The van der Waals surface area contributed by atoms with Crippen molar-refractivity contribution >= 4 is 0 Å². The highest BCUT2D eigenvalue weighted by Crippen LogP contribution is 2.45. The van der Waals surface area contributed by atoms with Crippen LogP contribution in [0.5, 0.6) is 0 Å². The Labute approximate surface area is 108 Å². The van der Waals surface area contributed by atoms with Gasteiger partial charge >= 0.3 is 0 Å². The average Bonchev–Trinajstić information content (AvgIpc) is 2.89. The average molecular weight is 234 g/mol. The molecule has 1 fully saturated rings. The fourth-order valence-electron chi connectivity index (χ4n) is 3.72. The number of fused-ring (bicyclic) bond motifs is 2. The monoisotopic (exact) mass is 234 g/mol. The van der Waals surface area contributed by atoms with E-state index in [4.69, 9.17) is 0 Å². The van der Waals surface area contributed by atoms with Gasteiger partial charge in [-0.25, -0.2) is 0 Å². The van der Waals surface area contributed by atoms with Gasteiger partial charge in [0.05, 0.1) is 0 Å². The number of allylic oxidation sites excluding steroid dienone is 2. The minimum absolute atomic E-state index is 0.899. The summed E-state index contributed by atoms with van der Waals surface area (Å²) in [5, 5.41) is 0. The molecule has 3 unspecified atom stereocenters. The van der Waals surface area contributed by atoms with Gasteiger partial charge in [0.1, 0.15) is 0 Å². The zero-order chi connectivity index (χ0) is 12.1. The van der Waals surface area contributed by atoms with Crippen LogP contribution in [0, 0.1) is 23.7 Å². The Morgan fingerprint density at radius 2 is 1.71 bits per heavy atom. The molecule has 0 aliphatic heterocycles. The lowest BCUT2D eigenvalue weighted by Crippen LogP contribution is -2.06. The van der Waals surface area contributed by atoms with Gasteiger partial charge in [0.25, 0.3) is 0 Å². The molecule has 2 aliphatic carbocycles. The van der Waals surface area contributed by atoms with E-state index in [9.17, 15) is 0 Å². The molecule has 2 aliphatic rings. The van der Waals surface area contributed by atoms with Gasteiger partial charge in [0.15, 0.2) is 0 Å². The molecule has 0 saturated heterocycles. The van der Waals surface area contributed by atoms with Crippen LogP contribution < -0.4 is 0 Å². The first-order valence-corrected chi connectivity index (χ1v) is 7.94. The Bertz CT molecular complexity index is 238. The maximum atomic E-state index is 2.50. The van der Waals surface area contributed by atoms with Gasteiger partial charge in [0, 0.05) is 0 Å². The first-order chi connectivity index (χ1) is 8.25. The lowest BCUT2D eigenvalue weighted by atomic mass is 9.88. The molecule has 0 heteroatoms. The van der Waals surface area contributed by atoms with E-state index in [1.54, 1.807) is 0 Å². The fraction of sp³-hybridized carbons (Fsp3) is 0.882. The molecule has 0 N–H and O–H groups in total. The Kier molecular flexibility index (Phi) is 5.13. The SMILES string of the molecule is CC(C)CCCCCCCC1CC2C=CC1C2. The molecular weight excluding hydrogens is 204 g/mol. The number of rotatable bonds is 8. The standard InChI is InChI=1S/C17H30/c1-14(2)8-6-4-3-5-7-9-16-12-15-10-11-17(16)13-15/h10-11,14-17H,3-9,12-13H2,1-2H3. The smallest absolute Gasteiger partial charge is 0.0199 e. The minimum Gasteiger partial charge on any atom is -0.0851 e. The number of unbranched alkanes of at least 4 members (excludes halogenated alkanes) is 4. The maximum Gasteiger partial charge on any atom is -0.0199 e. The van der Waals surface area contributed by atoms with Crippen molar-refractivity contribution in [2.24, 2.45) is 23.7 Å². The molecule has 3 atom stereocenters. The first kappa shape index (κ1) is 13.2. The predicted octanol–water partition coefficient (Wildman–Crippen LogP) is 5.59. The van der Waals surface area contributed by atoms with Crippen LogP contribution in [-0.4, -0.2) is 0 Å². The second kappa shape index (κ2) is 6.61. The Morgan fingerprint density at radius 3 is 2.35 bits per heavy atom. The Morgan fingerprint density at radius 1 is 0.941 bits per heavy atom. The summed E-state index contributed by atoms with van der Waals surface area (Å²) in [7, 11) is 0. The molecular formula is C17H30. The van der Waals surface area contributed by atoms with E-state index in [1.807, 2.05) is 0 Å². The molecule has 0 aromatic rings.